The lowest BCUT2D eigenvalue weighted by molar-refractivity contribution is 0.0227. The number of H-pyrrole nitrogens is 1. The summed E-state index contributed by atoms with van der Waals surface area (Å²) in [4.78, 5) is 20.8. The van der Waals surface area contributed by atoms with Gasteiger partial charge >= 0.3 is 0 Å². The summed E-state index contributed by atoms with van der Waals surface area (Å²) in [6, 6.07) is 14.7. The Labute approximate surface area is 169 Å². The molecule has 2 heterocycles. The van der Waals surface area contributed by atoms with Gasteiger partial charge in [-0.25, -0.2) is 0 Å². The molecule has 2 aromatic carbocycles. The van der Waals surface area contributed by atoms with Crippen molar-refractivity contribution in [1.82, 2.24) is 14.8 Å². The highest BCUT2D eigenvalue weighted by Gasteiger charge is 2.35. The second kappa shape index (κ2) is 8.05. The number of fused-ring (bicyclic) bond motifs is 1. The third-order valence-corrected chi connectivity index (χ3v) is 5.82. The number of rotatable bonds is 5. The van der Waals surface area contributed by atoms with Gasteiger partial charge in [-0.15, -0.1) is 0 Å². The summed E-state index contributed by atoms with van der Waals surface area (Å²) in [7, 11) is 2.09. The molecule has 1 aromatic heterocycles. The average molecular weight is 398 g/mol. The van der Waals surface area contributed by atoms with E-state index >= 15 is 0 Å². The van der Waals surface area contributed by atoms with Gasteiger partial charge in [0, 0.05) is 53.9 Å². The molecule has 2 N–H and O–H groups in total. The highest BCUT2D eigenvalue weighted by molar-refractivity contribution is 6.30. The predicted octanol–water partition coefficient (Wildman–Crippen LogP) is 3.35. The van der Waals surface area contributed by atoms with Gasteiger partial charge in [-0.3, -0.25) is 9.69 Å². The fraction of sp³-hybridized carbons (Fsp3) is 0.318. The molecule has 2 atom stereocenters. The van der Waals surface area contributed by atoms with E-state index in [0.29, 0.717) is 10.6 Å². The number of likely N-dealkylation sites (N-methyl/N-ethyl adjacent to an activating group) is 1. The van der Waals surface area contributed by atoms with E-state index in [-0.39, 0.29) is 5.78 Å². The molecule has 0 radical (unpaired) electrons. The number of aliphatic hydroxyl groups excluding tert-OH is 1. The average Bonchev–Trinajstić information content (AvgIpc) is 3.14. The van der Waals surface area contributed by atoms with Crippen molar-refractivity contribution in [3.63, 3.8) is 0 Å². The van der Waals surface area contributed by atoms with Gasteiger partial charge in [-0.1, -0.05) is 41.9 Å². The zero-order valence-corrected chi connectivity index (χ0v) is 16.6. The quantitative estimate of drug-likeness (QED) is 0.648. The maximum Gasteiger partial charge on any atom is 0.195 e. The summed E-state index contributed by atoms with van der Waals surface area (Å²) in [6.07, 6.45) is 0.530. The van der Waals surface area contributed by atoms with Crippen LogP contribution in [0.2, 0.25) is 5.02 Å². The van der Waals surface area contributed by atoms with Crippen LogP contribution in [0.15, 0.2) is 54.7 Å². The Kier molecular flexibility index (Phi) is 5.51. The second-order valence-corrected chi connectivity index (χ2v) is 7.83. The number of nitrogens with one attached hydrogen (secondary N) is 1. The van der Waals surface area contributed by atoms with Crippen LogP contribution < -0.4 is 0 Å². The number of para-hydroxylation sites is 1. The molecule has 0 unspecified atom stereocenters. The minimum Gasteiger partial charge on any atom is -0.383 e. The number of ketones is 1. The largest absolute Gasteiger partial charge is 0.383 e. The second-order valence-electron chi connectivity index (χ2n) is 7.39. The van der Waals surface area contributed by atoms with Gasteiger partial charge in [-0.2, -0.15) is 0 Å². The van der Waals surface area contributed by atoms with E-state index in [1.54, 1.807) is 6.20 Å². The summed E-state index contributed by atoms with van der Waals surface area (Å²) in [5, 5.41) is 12.7. The monoisotopic (exact) mass is 397 g/mol. The lowest BCUT2D eigenvalue weighted by Crippen LogP contribution is -2.50. The van der Waals surface area contributed by atoms with Gasteiger partial charge in [0.05, 0.1) is 6.04 Å². The summed E-state index contributed by atoms with van der Waals surface area (Å²) in [6.45, 7) is 3.39. The van der Waals surface area contributed by atoms with E-state index in [1.807, 2.05) is 48.5 Å². The number of hydrogen-bond acceptors (Lipinski definition) is 4. The number of carbonyl (C=O) groups excluding carboxylic acids is 1. The van der Waals surface area contributed by atoms with Crippen LogP contribution in [0.4, 0.5) is 0 Å². The Hall–Kier alpha value is -2.18. The van der Waals surface area contributed by atoms with Gasteiger partial charge in [0.2, 0.25) is 0 Å². The molecule has 1 aliphatic rings. The number of aromatic amines is 1. The normalized spacial score (nSPS) is 18.2. The first-order valence-electron chi connectivity index (χ1n) is 9.51. The number of carbonyl (C=O) groups is 1. The van der Waals surface area contributed by atoms with Gasteiger partial charge < -0.3 is 15.0 Å². The van der Waals surface area contributed by atoms with E-state index in [1.165, 1.54) is 0 Å². The molecule has 1 saturated heterocycles. The van der Waals surface area contributed by atoms with Gasteiger partial charge in [0.25, 0.3) is 0 Å². The maximum absolute atomic E-state index is 13.3. The van der Waals surface area contributed by atoms with Crippen LogP contribution in [-0.4, -0.2) is 65.0 Å². The molecule has 0 amide bonds. The van der Waals surface area contributed by atoms with Crippen LogP contribution in [0.3, 0.4) is 0 Å². The number of halogens is 1. The Morgan fingerprint density at radius 2 is 1.75 bits per heavy atom. The van der Waals surface area contributed by atoms with Crippen molar-refractivity contribution in [2.75, 3.05) is 33.2 Å². The first-order chi connectivity index (χ1) is 13.5. The highest BCUT2D eigenvalue weighted by atomic mass is 35.5. The first kappa shape index (κ1) is 19.2. The van der Waals surface area contributed by atoms with Gasteiger partial charge in [0.1, 0.15) is 6.10 Å². The molecule has 28 heavy (non-hydrogen) atoms. The van der Waals surface area contributed by atoms with Crippen molar-refractivity contribution >= 4 is 28.3 Å². The highest BCUT2D eigenvalue weighted by Crippen LogP contribution is 2.30. The third-order valence-electron chi connectivity index (χ3n) is 5.57. The lowest BCUT2D eigenvalue weighted by Gasteiger charge is -2.39. The number of nitrogens with zero attached hydrogens (tertiary/aromatic N) is 2. The third kappa shape index (κ3) is 3.71. The fourth-order valence-electron chi connectivity index (χ4n) is 3.93. The van der Waals surface area contributed by atoms with Crippen molar-refractivity contribution < 1.29 is 9.90 Å². The van der Waals surface area contributed by atoms with Crippen molar-refractivity contribution in [3.05, 3.63) is 70.9 Å². The fourth-order valence-corrected chi connectivity index (χ4v) is 4.06. The molecule has 5 nitrogen and oxygen atoms in total. The Balaban J connectivity index is 1.68. The van der Waals surface area contributed by atoms with E-state index in [4.69, 9.17) is 11.6 Å². The van der Waals surface area contributed by atoms with E-state index in [0.717, 1.165) is 42.6 Å². The van der Waals surface area contributed by atoms with Crippen molar-refractivity contribution in [1.29, 1.82) is 0 Å². The summed E-state index contributed by atoms with van der Waals surface area (Å²) in [5.74, 6) is -0.267. The molecule has 3 aromatic rings. The Morgan fingerprint density at radius 1 is 1.07 bits per heavy atom. The topological polar surface area (TPSA) is 59.6 Å². The zero-order valence-electron chi connectivity index (χ0n) is 15.8. The molecule has 4 rings (SSSR count). The molecule has 6 heteroatoms. The summed E-state index contributed by atoms with van der Waals surface area (Å²) >= 11 is 6.06. The molecule has 1 aliphatic heterocycles. The van der Waals surface area contributed by atoms with Gasteiger partial charge in [0.15, 0.2) is 5.78 Å². The van der Waals surface area contributed by atoms with Crippen molar-refractivity contribution in [2.45, 2.75) is 12.1 Å². The smallest absolute Gasteiger partial charge is 0.195 e. The Morgan fingerprint density at radius 3 is 2.46 bits per heavy atom. The lowest BCUT2D eigenvalue weighted by atomic mass is 9.93. The SMILES string of the molecule is CN1CCN([C@@H](c2ccc(Cl)cc2)[C@@H](O)C(=O)c2c[nH]c3ccccc23)CC1. The molecular weight excluding hydrogens is 374 g/mol. The molecule has 0 bridgehead atoms. The van der Waals surface area contributed by atoms with E-state index in [9.17, 15) is 9.90 Å². The minimum absolute atomic E-state index is 0.267. The van der Waals surface area contributed by atoms with Crippen LogP contribution in [-0.2, 0) is 0 Å². The minimum atomic E-state index is -1.16. The zero-order chi connectivity index (χ0) is 19.7. The number of Topliss-reactive ketones (excluding diaryl/α,β-unsaturated/α-hetero) is 1. The molecule has 0 saturated carbocycles. The van der Waals surface area contributed by atoms with Crippen LogP contribution >= 0.6 is 11.6 Å². The Bertz CT molecular complexity index is 961. The van der Waals surface area contributed by atoms with Crippen LogP contribution in [0.25, 0.3) is 10.9 Å². The molecule has 146 valence electrons. The van der Waals surface area contributed by atoms with Crippen LogP contribution in [0.1, 0.15) is 22.0 Å². The molecular formula is C22H24ClN3O2. The first-order valence-corrected chi connectivity index (χ1v) is 9.89. The van der Waals surface area contributed by atoms with Crippen LogP contribution in [0.5, 0.6) is 0 Å². The maximum atomic E-state index is 13.3. The standard InChI is InChI=1S/C22H24ClN3O2/c1-25-10-12-26(13-11-25)20(15-6-8-16(23)9-7-15)22(28)21(27)18-14-24-19-5-3-2-4-17(18)19/h2-9,14,20,22,24,28H,10-13H2,1H3/t20-,22+/m0/s1. The van der Waals surface area contributed by atoms with Crippen molar-refractivity contribution in [3.8, 4) is 0 Å². The number of aromatic nitrogens is 1. The number of piperazine rings is 1. The predicted molar refractivity (Wildman–Crippen MR) is 112 cm³/mol. The summed E-state index contributed by atoms with van der Waals surface area (Å²) in [5.41, 5.74) is 2.31. The molecule has 0 spiro atoms. The number of aliphatic hydroxyl groups is 1. The molecule has 1 fully saturated rings. The van der Waals surface area contributed by atoms with E-state index < -0.39 is 12.1 Å². The van der Waals surface area contributed by atoms with Gasteiger partial charge in [-0.05, 0) is 30.8 Å². The van der Waals surface area contributed by atoms with Crippen LogP contribution in [0, 0.1) is 0 Å². The summed E-state index contributed by atoms with van der Waals surface area (Å²) < 4.78 is 0. The number of hydrogen-bond donors (Lipinski definition) is 2. The number of benzene rings is 2. The van der Waals surface area contributed by atoms with E-state index in [2.05, 4.69) is 21.8 Å². The molecule has 0 aliphatic carbocycles. The van der Waals surface area contributed by atoms with Crippen molar-refractivity contribution in [2.24, 2.45) is 0 Å².